The van der Waals surface area contributed by atoms with Crippen LogP contribution in [0.2, 0.25) is 0 Å². The summed E-state index contributed by atoms with van der Waals surface area (Å²) in [4.78, 5) is 18.4. The van der Waals surface area contributed by atoms with E-state index in [1.807, 2.05) is 0 Å². The molecule has 2 rings (SSSR count). The van der Waals surface area contributed by atoms with Gasteiger partial charge in [0.1, 0.15) is 0 Å². The van der Waals surface area contributed by atoms with Crippen LogP contribution in [0.5, 0.6) is 5.75 Å². The summed E-state index contributed by atoms with van der Waals surface area (Å²) in [7, 11) is 3.00. The molecule has 0 aliphatic carbocycles. The van der Waals surface area contributed by atoms with E-state index in [1.54, 1.807) is 0 Å². The topological polar surface area (TPSA) is 139 Å². The Morgan fingerprint density at radius 3 is 1.39 bits per heavy atom. The van der Waals surface area contributed by atoms with E-state index in [1.165, 1.54) is 19.2 Å². The zero-order valence-corrected chi connectivity index (χ0v) is 17.4. The quantitative estimate of drug-likeness (QED) is 0.393. The fraction of sp³-hybridized carbons (Fsp3) is 0.200. The summed E-state index contributed by atoms with van der Waals surface area (Å²) >= 11 is 0. The van der Waals surface area contributed by atoms with Crippen LogP contribution in [0.3, 0.4) is 0 Å². The molecule has 28 heavy (non-hydrogen) atoms. The number of rotatable bonds is 3. The Labute approximate surface area is 180 Å². The van der Waals surface area contributed by atoms with Gasteiger partial charge in [-0.1, -0.05) is 12.1 Å². The van der Waals surface area contributed by atoms with Crippen LogP contribution < -0.4 is 39.4 Å². The van der Waals surface area contributed by atoms with E-state index in [9.17, 15) is 33.4 Å². The van der Waals surface area contributed by atoms with Crippen LogP contribution in [0.25, 0.3) is 0 Å². The van der Waals surface area contributed by atoms with Crippen molar-refractivity contribution in [3.05, 3.63) is 74.1 Å². The molecule has 0 saturated carbocycles. The Hall–Kier alpha value is -2.25. The van der Waals surface area contributed by atoms with Gasteiger partial charge in [-0.2, -0.15) is 20.3 Å². The molecule has 9 nitrogen and oxygen atoms in total. The molecular weight excluding hydrogens is 400 g/mol. The minimum Gasteiger partial charge on any atom is -0.857 e. The van der Waals surface area contributed by atoms with Gasteiger partial charge in [-0.25, -0.2) is 0 Å². The predicted molar refractivity (Wildman–Crippen MR) is 86.7 cm³/mol. The van der Waals surface area contributed by atoms with Crippen molar-refractivity contribution in [1.29, 1.82) is 0 Å². The number of para-hydroxylation sites is 2. The average Bonchev–Trinajstić information content (AvgIpc) is 2.64. The molecule has 0 fully saturated rings. The van der Waals surface area contributed by atoms with E-state index >= 15 is 0 Å². The van der Waals surface area contributed by atoms with Crippen molar-refractivity contribution in [3.63, 3.8) is 0 Å². The molecule has 0 aromatic heterocycles. The molecule has 150 valence electrons. The molecular formula is C15H16F3N2NaO7. The minimum atomic E-state index is -1.16. The average molecular weight is 416 g/mol. The van der Waals surface area contributed by atoms with Gasteiger partial charge in [-0.3, -0.25) is 20.2 Å². The third kappa shape index (κ3) is 9.62. The molecule has 0 spiro atoms. The van der Waals surface area contributed by atoms with Crippen LogP contribution >= 0.6 is 0 Å². The van der Waals surface area contributed by atoms with Crippen molar-refractivity contribution in [2.45, 2.75) is 0 Å². The number of halogens is 3. The van der Waals surface area contributed by atoms with Gasteiger partial charge in [0.2, 0.25) is 17.5 Å². The number of nitro groups is 2. The molecule has 13 heteroatoms. The summed E-state index contributed by atoms with van der Waals surface area (Å²) in [5.41, 5.74) is -1.73. The van der Waals surface area contributed by atoms with Crippen molar-refractivity contribution in [2.24, 2.45) is 0 Å². The fourth-order valence-electron chi connectivity index (χ4n) is 1.50. The molecule has 0 aliphatic rings. The van der Waals surface area contributed by atoms with Crippen LogP contribution in [0.1, 0.15) is 0 Å². The van der Waals surface area contributed by atoms with Gasteiger partial charge in [-0.15, -0.1) is 0 Å². The van der Waals surface area contributed by atoms with Crippen LogP contribution in [0.4, 0.5) is 24.5 Å². The van der Waals surface area contributed by atoms with Crippen molar-refractivity contribution in [1.82, 2.24) is 0 Å². The molecule has 2 aromatic rings. The Kier molecular flexibility index (Phi) is 18.4. The maximum absolute atomic E-state index is 12.8. The number of hydrogen-bond donors (Lipinski definition) is 1. The molecule has 0 atom stereocenters. The molecule has 0 amide bonds. The Bertz CT molecular complexity index is 731. The van der Waals surface area contributed by atoms with Crippen LogP contribution in [-0.2, 0) is 0 Å². The van der Waals surface area contributed by atoms with Crippen LogP contribution in [-0.4, -0.2) is 36.3 Å². The Morgan fingerprint density at radius 2 is 1.14 bits per heavy atom. The summed E-state index contributed by atoms with van der Waals surface area (Å²) < 4.78 is 42.2. The molecule has 0 unspecified atom stereocenters. The molecule has 2 aromatic carbocycles. The van der Waals surface area contributed by atoms with E-state index < -0.39 is 38.7 Å². The van der Waals surface area contributed by atoms with Crippen molar-refractivity contribution in [2.75, 3.05) is 21.3 Å². The molecule has 0 radical (unpaired) electrons. The van der Waals surface area contributed by atoms with E-state index in [4.69, 9.17) is 10.2 Å². The number of methoxy groups -OCH3 is 1. The van der Waals surface area contributed by atoms with Gasteiger partial charge in [0, 0.05) is 7.11 Å². The standard InChI is InChI=1S/C7H6FNO3.C6H3F2NO2.CH4O.CH3O.Na/c1-12-6-4-2-3-5(8)7(6)9(10)11;7-4-2-1-3-5(8)6(4)9(10)11;2*1-2;/h2-4H,1H3;1-3H;2H,1H3;1H3;/q;;;-1;+1. The van der Waals surface area contributed by atoms with Crippen LogP contribution in [0, 0.1) is 37.7 Å². The SMILES string of the molecule is CO.COc1cccc(F)c1[N+](=O)[O-].C[O-].O=[N+]([O-])c1c(F)cccc1F.[Na+]. The summed E-state index contributed by atoms with van der Waals surface area (Å²) in [6.45, 7) is 0. The second kappa shape index (κ2) is 16.9. The number of benzene rings is 2. The maximum atomic E-state index is 12.8. The molecule has 0 aliphatic heterocycles. The van der Waals surface area contributed by atoms with Crippen molar-refractivity contribution in [3.8, 4) is 5.75 Å². The first-order valence-electron chi connectivity index (χ1n) is 6.70. The van der Waals surface area contributed by atoms with Gasteiger partial charge in [0.05, 0.1) is 17.0 Å². The first kappa shape index (κ1) is 30.5. The van der Waals surface area contributed by atoms with Gasteiger partial charge in [0.25, 0.3) is 0 Å². The molecule has 0 bridgehead atoms. The fourth-order valence-corrected chi connectivity index (χ4v) is 1.50. The number of nitrogens with zero attached hydrogens (tertiary/aromatic N) is 2. The first-order valence-corrected chi connectivity index (χ1v) is 6.70. The van der Waals surface area contributed by atoms with Crippen molar-refractivity contribution >= 4 is 11.4 Å². The third-order valence-corrected chi connectivity index (χ3v) is 2.47. The molecule has 0 saturated heterocycles. The van der Waals surface area contributed by atoms with Gasteiger partial charge in [0.15, 0.2) is 5.75 Å². The van der Waals surface area contributed by atoms with E-state index in [-0.39, 0.29) is 35.3 Å². The number of aliphatic hydroxyl groups is 1. The maximum Gasteiger partial charge on any atom is 1.00 e. The molecule has 0 heterocycles. The molecule has 1 N–H and O–H groups in total. The monoisotopic (exact) mass is 416 g/mol. The summed E-state index contributed by atoms with van der Waals surface area (Å²) in [6, 6.07) is 6.43. The Morgan fingerprint density at radius 1 is 0.821 bits per heavy atom. The third-order valence-electron chi connectivity index (χ3n) is 2.47. The summed E-state index contributed by atoms with van der Waals surface area (Å²) in [5, 5.41) is 35.5. The zero-order chi connectivity index (χ0) is 21.6. The number of hydrogen-bond acceptors (Lipinski definition) is 7. The van der Waals surface area contributed by atoms with E-state index in [0.717, 1.165) is 38.5 Å². The van der Waals surface area contributed by atoms with Crippen LogP contribution in [0.15, 0.2) is 36.4 Å². The zero-order valence-electron chi connectivity index (χ0n) is 15.4. The second-order valence-electron chi connectivity index (χ2n) is 3.88. The van der Waals surface area contributed by atoms with E-state index in [2.05, 4.69) is 4.74 Å². The second-order valence-corrected chi connectivity index (χ2v) is 3.88. The van der Waals surface area contributed by atoms with E-state index in [0.29, 0.717) is 0 Å². The number of aliphatic hydroxyl groups excluding tert-OH is 1. The first-order chi connectivity index (χ1) is 12.8. The van der Waals surface area contributed by atoms with Gasteiger partial charge < -0.3 is 14.9 Å². The largest absolute Gasteiger partial charge is 1.00 e. The van der Waals surface area contributed by atoms with Gasteiger partial charge >= 0.3 is 40.9 Å². The Balaban J connectivity index is -0.000000368. The number of nitro benzene ring substituents is 2. The summed E-state index contributed by atoms with van der Waals surface area (Å²) in [6.07, 6.45) is 0. The smallest absolute Gasteiger partial charge is 0.857 e. The summed E-state index contributed by atoms with van der Waals surface area (Å²) in [5.74, 6) is -3.27. The van der Waals surface area contributed by atoms with Gasteiger partial charge in [-0.05, 0) is 24.3 Å². The minimum absolute atomic E-state index is 0. The van der Waals surface area contributed by atoms with Crippen molar-refractivity contribution < 1.29 is 67.5 Å². The predicted octanol–water partition coefficient (Wildman–Crippen LogP) is -0.796. The number of ether oxygens (including phenoxy) is 1. The normalized spacial score (nSPS) is 8.29.